The van der Waals surface area contributed by atoms with Crippen LogP contribution in [-0.4, -0.2) is 35.4 Å². The lowest BCUT2D eigenvalue weighted by molar-refractivity contribution is -0.124. The fourth-order valence-electron chi connectivity index (χ4n) is 2.45. The van der Waals surface area contributed by atoms with E-state index in [1.165, 1.54) is 7.11 Å². The summed E-state index contributed by atoms with van der Waals surface area (Å²) in [6, 6.07) is 9.21. The number of ether oxygens (including phenoxy) is 1. The van der Waals surface area contributed by atoms with Crippen molar-refractivity contribution in [1.29, 1.82) is 0 Å². The third-order valence-corrected chi connectivity index (χ3v) is 3.69. The van der Waals surface area contributed by atoms with Gasteiger partial charge in [0.25, 0.3) is 0 Å². The van der Waals surface area contributed by atoms with Crippen LogP contribution in [0.3, 0.4) is 0 Å². The zero-order valence-corrected chi connectivity index (χ0v) is 14.0. The Morgan fingerprint density at radius 1 is 1.35 bits per heavy atom. The summed E-state index contributed by atoms with van der Waals surface area (Å²) in [5.74, 6) is -0.220. The van der Waals surface area contributed by atoms with E-state index in [1.54, 1.807) is 0 Å². The molecule has 6 heteroatoms. The summed E-state index contributed by atoms with van der Waals surface area (Å²) in [7, 11) is 1.52. The maximum atomic E-state index is 11.9. The number of nitrogens with one attached hydrogen (secondary N) is 1. The molecule has 1 amide bonds. The number of aryl methyl sites for hydroxylation is 2. The molecule has 0 bridgehead atoms. The first-order valence-electron chi connectivity index (χ1n) is 7.61. The van der Waals surface area contributed by atoms with Crippen molar-refractivity contribution in [2.24, 2.45) is 5.73 Å². The molecule has 2 aromatic rings. The number of hydrogen-bond acceptors (Lipinski definition) is 4. The number of nitrogens with zero attached hydrogens (tertiary/aromatic N) is 2. The van der Waals surface area contributed by atoms with Gasteiger partial charge >= 0.3 is 0 Å². The van der Waals surface area contributed by atoms with Crippen LogP contribution in [0.15, 0.2) is 30.3 Å². The summed E-state index contributed by atoms with van der Waals surface area (Å²) in [6.07, 6.45) is 0. The lowest BCUT2D eigenvalue weighted by Gasteiger charge is -2.18. The van der Waals surface area contributed by atoms with Gasteiger partial charge in [-0.05, 0) is 44.5 Å². The Bertz CT molecular complexity index is 664. The summed E-state index contributed by atoms with van der Waals surface area (Å²) in [5.41, 5.74) is 9.80. The van der Waals surface area contributed by atoms with Gasteiger partial charge in [-0.2, -0.15) is 5.10 Å². The number of aromatic nitrogens is 2. The Labute approximate surface area is 136 Å². The first-order valence-corrected chi connectivity index (χ1v) is 7.61. The summed E-state index contributed by atoms with van der Waals surface area (Å²) < 4.78 is 6.79. The molecule has 1 aromatic carbocycles. The van der Waals surface area contributed by atoms with Crippen molar-refractivity contribution in [2.75, 3.05) is 13.7 Å². The molecule has 0 saturated heterocycles. The van der Waals surface area contributed by atoms with Gasteiger partial charge in [0.05, 0.1) is 24.0 Å². The molecule has 1 aromatic heterocycles. The lowest BCUT2D eigenvalue weighted by Crippen LogP contribution is -2.44. The number of amides is 1. The van der Waals surface area contributed by atoms with Crippen LogP contribution in [-0.2, 0) is 9.53 Å². The van der Waals surface area contributed by atoms with E-state index in [-0.39, 0.29) is 18.6 Å². The minimum Gasteiger partial charge on any atom is -0.383 e. The molecule has 6 nitrogen and oxygen atoms in total. The molecular weight excluding hydrogens is 292 g/mol. The molecule has 0 aliphatic rings. The number of nitrogens with two attached hydrogens (primary N) is 1. The van der Waals surface area contributed by atoms with Gasteiger partial charge in [-0.15, -0.1) is 0 Å². The maximum absolute atomic E-state index is 11.9. The van der Waals surface area contributed by atoms with Gasteiger partial charge in [0.2, 0.25) is 5.91 Å². The minimum atomic E-state index is -0.656. The topological polar surface area (TPSA) is 82.2 Å². The van der Waals surface area contributed by atoms with Crippen LogP contribution in [0.4, 0.5) is 0 Å². The molecule has 2 atom stereocenters. The van der Waals surface area contributed by atoms with Gasteiger partial charge in [0.1, 0.15) is 6.04 Å². The second-order valence-corrected chi connectivity index (χ2v) is 5.72. The van der Waals surface area contributed by atoms with E-state index in [9.17, 15) is 4.79 Å². The van der Waals surface area contributed by atoms with Crippen molar-refractivity contribution < 1.29 is 9.53 Å². The largest absolute Gasteiger partial charge is 0.383 e. The molecule has 0 fully saturated rings. The Hall–Kier alpha value is -2.18. The van der Waals surface area contributed by atoms with E-state index >= 15 is 0 Å². The molecule has 1 heterocycles. The van der Waals surface area contributed by atoms with Crippen LogP contribution in [0.1, 0.15) is 29.9 Å². The Balaban J connectivity index is 2.07. The first kappa shape index (κ1) is 17.2. The first-order chi connectivity index (χ1) is 10.9. The smallest absolute Gasteiger partial charge is 0.239 e. The standard InChI is InChI=1S/C17H24N4O2/c1-11-9-12(2)21(20-11)15-7-5-14(6-8-15)13(3)19-17(22)16(18)10-23-4/h5-9,13,16H,10,18H2,1-4H3,(H,19,22). The third-order valence-electron chi connectivity index (χ3n) is 3.69. The molecule has 0 saturated carbocycles. The zero-order chi connectivity index (χ0) is 17.0. The molecule has 23 heavy (non-hydrogen) atoms. The van der Waals surface area contributed by atoms with Crippen molar-refractivity contribution in [3.8, 4) is 5.69 Å². The number of rotatable bonds is 6. The lowest BCUT2D eigenvalue weighted by atomic mass is 10.1. The van der Waals surface area contributed by atoms with E-state index in [0.717, 1.165) is 22.6 Å². The van der Waals surface area contributed by atoms with Gasteiger partial charge in [0.15, 0.2) is 0 Å². The van der Waals surface area contributed by atoms with Crippen LogP contribution in [0.5, 0.6) is 0 Å². The highest BCUT2D eigenvalue weighted by Crippen LogP contribution is 2.17. The number of methoxy groups -OCH3 is 1. The van der Waals surface area contributed by atoms with Crippen LogP contribution in [0, 0.1) is 13.8 Å². The van der Waals surface area contributed by atoms with Crippen LogP contribution < -0.4 is 11.1 Å². The molecule has 0 radical (unpaired) electrons. The average Bonchev–Trinajstić information content (AvgIpc) is 2.86. The number of carbonyl (C=O) groups is 1. The Kier molecular flexibility index (Phi) is 5.52. The van der Waals surface area contributed by atoms with Gasteiger partial charge < -0.3 is 15.8 Å². The van der Waals surface area contributed by atoms with E-state index < -0.39 is 6.04 Å². The predicted octanol–water partition coefficient (Wildman–Crippen LogP) is 1.64. The molecule has 2 rings (SSSR count). The summed E-state index contributed by atoms with van der Waals surface area (Å²) >= 11 is 0. The molecule has 0 aliphatic heterocycles. The van der Waals surface area contributed by atoms with Gasteiger partial charge in [-0.3, -0.25) is 4.79 Å². The zero-order valence-electron chi connectivity index (χ0n) is 14.0. The van der Waals surface area contributed by atoms with Crippen LogP contribution in [0.2, 0.25) is 0 Å². The summed E-state index contributed by atoms with van der Waals surface area (Å²) in [5, 5.41) is 7.35. The van der Waals surface area contributed by atoms with Crippen molar-refractivity contribution in [2.45, 2.75) is 32.9 Å². The van der Waals surface area contributed by atoms with Gasteiger partial charge in [-0.25, -0.2) is 4.68 Å². The van der Waals surface area contributed by atoms with Crippen molar-refractivity contribution in [1.82, 2.24) is 15.1 Å². The van der Waals surface area contributed by atoms with E-state index in [1.807, 2.05) is 55.8 Å². The fraction of sp³-hybridized carbons (Fsp3) is 0.412. The second-order valence-electron chi connectivity index (χ2n) is 5.72. The monoisotopic (exact) mass is 316 g/mol. The van der Waals surface area contributed by atoms with E-state index in [0.29, 0.717) is 0 Å². The Morgan fingerprint density at radius 2 is 2.00 bits per heavy atom. The molecular formula is C17H24N4O2. The number of benzene rings is 1. The average molecular weight is 316 g/mol. The highest BCUT2D eigenvalue weighted by molar-refractivity contribution is 5.82. The quantitative estimate of drug-likeness (QED) is 0.849. The summed E-state index contributed by atoms with van der Waals surface area (Å²) in [6.45, 7) is 6.12. The van der Waals surface area contributed by atoms with Crippen molar-refractivity contribution in [3.05, 3.63) is 47.3 Å². The van der Waals surface area contributed by atoms with Gasteiger partial charge in [-0.1, -0.05) is 12.1 Å². The van der Waals surface area contributed by atoms with E-state index in [2.05, 4.69) is 10.4 Å². The van der Waals surface area contributed by atoms with E-state index in [4.69, 9.17) is 10.5 Å². The maximum Gasteiger partial charge on any atom is 0.239 e. The molecule has 124 valence electrons. The summed E-state index contributed by atoms with van der Waals surface area (Å²) in [4.78, 5) is 11.9. The highest BCUT2D eigenvalue weighted by Gasteiger charge is 2.16. The number of hydrogen-bond donors (Lipinski definition) is 2. The fourth-order valence-corrected chi connectivity index (χ4v) is 2.45. The van der Waals surface area contributed by atoms with Crippen molar-refractivity contribution >= 4 is 5.91 Å². The third kappa shape index (κ3) is 4.18. The predicted molar refractivity (Wildman–Crippen MR) is 89.4 cm³/mol. The molecule has 2 unspecified atom stereocenters. The van der Waals surface area contributed by atoms with Gasteiger partial charge in [0, 0.05) is 12.8 Å². The van der Waals surface area contributed by atoms with Crippen LogP contribution >= 0.6 is 0 Å². The molecule has 0 spiro atoms. The SMILES string of the molecule is COCC(N)C(=O)NC(C)c1ccc(-n2nc(C)cc2C)cc1. The molecule has 3 N–H and O–H groups in total. The van der Waals surface area contributed by atoms with Crippen molar-refractivity contribution in [3.63, 3.8) is 0 Å². The number of carbonyl (C=O) groups excluding carboxylic acids is 1. The minimum absolute atomic E-state index is 0.125. The highest BCUT2D eigenvalue weighted by atomic mass is 16.5. The second kappa shape index (κ2) is 7.39. The Morgan fingerprint density at radius 3 is 2.52 bits per heavy atom. The molecule has 0 aliphatic carbocycles. The van der Waals surface area contributed by atoms with Crippen LogP contribution in [0.25, 0.3) is 5.69 Å². The normalized spacial score (nSPS) is 13.6.